The van der Waals surface area contributed by atoms with Gasteiger partial charge < -0.3 is 10.0 Å². The summed E-state index contributed by atoms with van der Waals surface area (Å²) in [6.45, 7) is 8.60. The first-order chi connectivity index (χ1) is 9.71. The standard InChI is InChI=1S/C15H23N3O3/c1-10-12(9-16-18(10)15(2,3)4)14(21)17-7-5-6-11(17)8-13(19)20/h9,11H,5-8H2,1-4H3,(H,19,20). The second-order valence-electron chi connectivity index (χ2n) is 6.62. The molecule has 1 fully saturated rings. The maximum Gasteiger partial charge on any atom is 0.305 e. The van der Waals surface area contributed by atoms with Gasteiger partial charge in [-0.1, -0.05) is 0 Å². The number of hydrogen-bond acceptors (Lipinski definition) is 3. The zero-order valence-corrected chi connectivity index (χ0v) is 13.1. The average molecular weight is 293 g/mol. The normalized spacial score (nSPS) is 19.0. The largest absolute Gasteiger partial charge is 0.481 e. The number of likely N-dealkylation sites (tertiary alicyclic amines) is 1. The van der Waals surface area contributed by atoms with E-state index in [-0.39, 0.29) is 23.9 Å². The summed E-state index contributed by atoms with van der Waals surface area (Å²) in [7, 11) is 0. The molecule has 1 unspecified atom stereocenters. The van der Waals surface area contributed by atoms with Crippen LogP contribution in [0.25, 0.3) is 0 Å². The van der Waals surface area contributed by atoms with Crippen molar-refractivity contribution in [1.82, 2.24) is 14.7 Å². The van der Waals surface area contributed by atoms with Crippen LogP contribution in [0.15, 0.2) is 6.20 Å². The molecule has 116 valence electrons. The predicted octanol–water partition coefficient (Wildman–Crippen LogP) is 2.03. The van der Waals surface area contributed by atoms with Gasteiger partial charge in [0.1, 0.15) is 0 Å². The predicted molar refractivity (Wildman–Crippen MR) is 78.3 cm³/mol. The minimum Gasteiger partial charge on any atom is -0.481 e. The third-order valence-electron chi connectivity index (χ3n) is 3.92. The number of rotatable bonds is 3. The molecular weight excluding hydrogens is 270 g/mol. The van der Waals surface area contributed by atoms with Crippen molar-refractivity contribution in [1.29, 1.82) is 0 Å². The minimum atomic E-state index is -0.859. The molecule has 1 aliphatic heterocycles. The van der Waals surface area contributed by atoms with Crippen LogP contribution >= 0.6 is 0 Å². The molecule has 2 heterocycles. The van der Waals surface area contributed by atoms with Crippen molar-refractivity contribution < 1.29 is 14.7 Å². The molecule has 1 aromatic rings. The van der Waals surface area contributed by atoms with E-state index in [4.69, 9.17) is 5.11 Å². The van der Waals surface area contributed by atoms with Crippen LogP contribution in [-0.4, -0.2) is 44.3 Å². The number of aromatic nitrogens is 2. The van der Waals surface area contributed by atoms with Crippen LogP contribution in [0, 0.1) is 6.92 Å². The first kappa shape index (κ1) is 15.5. The van der Waals surface area contributed by atoms with Crippen molar-refractivity contribution >= 4 is 11.9 Å². The molecule has 0 aromatic carbocycles. The van der Waals surface area contributed by atoms with Gasteiger partial charge in [0.2, 0.25) is 0 Å². The Bertz CT molecular complexity index is 557. The van der Waals surface area contributed by atoms with E-state index < -0.39 is 5.97 Å². The third-order valence-corrected chi connectivity index (χ3v) is 3.92. The fourth-order valence-electron chi connectivity index (χ4n) is 2.97. The van der Waals surface area contributed by atoms with Gasteiger partial charge in [0.15, 0.2) is 0 Å². The number of carboxylic acid groups (broad SMARTS) is 1. The average Bonchev–Trinajstić information content (AvgIpc) is 2.93. The molecule has 2 rings (SSSR count). The maximum absolute atomic E-state index is 12.7. The number of carbonyl (C=O) groups excluding carboxylic acids is 1. The second-order valence-corrected chi connectivity index (χ2v) is 6.62. The summed E-state index contributed by atoms with van der Waals surface area (Å²) in [5.41, 5.74) is 1.21. The third kappa shape index (κ3) is 3.09. The summed E-state index contributed by atoms with van der Waals surface area (Å²) in [5, 5.41) is 13.3. The van der Waals surface area contributed by atoms with E-state index in [1.54, 1.807) is 11.1 Å². The highest BCUT2D eigenvalue weighted by Gasteiger charge is 2.33. The van der Waals surface area contributed by atoms with Gasteiger partial charge in [0.05, 0.1) is 23.7 Å². The number of aliphatic carboxylic acids is 1. The van der Waals surface area contributed by atoms with Gasteiger partial charge in [0, 0.05) is 18.3 Å². The molecule has 1 aromatic heterocycles. The Kier molecular flexibility index (Phi) is 4.07. The second kappa shape index (κ2) is 5.50. The van der Waals surface area contributed by atoms with Crippen molar-refractivity contribution in [2.24, 2.45) is 0 Å². The minimum absolute atomic E-state index is 0.0121. The van der Waals surface area contributed by atoms with Crippen molar-refractivity contribution in [3.8, 4) is 0 Å². The van der Waals surface area contributed by atoms with Gasteiger partial charge in [-0.05, 0) is 40.5 Å². The number of nitrogens with zero attached hydrogens (tertiary/aromatic N) is 3. The van der Waals surface area contributed by atoms with Gasteiger partial charge in [0.25, 0.3) is 5.91 Å². The first-order valence-corrected chi connectivity index (χ1v) is 7.29. The molecule has 0 aliphatic carbocycles. The zero-order valence-electron chi connectivity index (χ0n) is 13.1. The summed E-state index contributed by atoms with van der Waals surface area (Å²) in [6, 6.07) is -0.201. The van der Waals surface area contributed by atoms with E-state index in [0.717, 1.165) is 18.5 Å². The smallest absolute Gasteiger partial charge is 0.305 e. The molecule has 1 aliphatic rings. The van der Waals surface area contributed by atoms with Crippen LogP contribution in [0.2, 0.25) is 0 Å². The molecule has 1 amide bonds. The van der Waals surface area contributed by atoms with Crippen LogP contribution in [0.3, 0.4) is 0 Å². The number of hydrogen-bond donors (Lipinski definition) is 1. The Balaban J connectivity index is 2.24. The summed E-state index contributed by atoms with van der Waals surface area (Å²) < 4.78 is 1.84. The monoisotopic (exact) mass is 293 g/mol. The van der Waals surface area contributed by atoms with E-state index in [1.807, 2.05) is 32.4 Å². The van der Waals surface area contributed by atoms with E-state index in [1.165, 1.54) is 0 Å². The summed E-state index contributed by atoms with van der Waals surface area (Å²) in [5.74, 6) is -0.964. The van der Waals surface area contributed by atoms with Crippen LogP contribution < -0.4 is 0 Å². The molecule has 0 bridgehead atoms. The molecule has 1 saturated heterocycles. The number of amides is 1. The Hall–Kier alpha value is -1.85. The van der Waals surface area contributed by atoms with Gasteiger partial charge >= 0.3 is 5.97 Å². The lowest BCUT2D eigenvalue weighted by atomic mass is 10.1. The Labute approximate surface area is 124 Å². The van der Waals surface area contributed by atoms with Crippen molar-refractivity contribution in [2.45, 2.75) is 58.5 Å². The van der Waals surface area contributed by atoms with Gasteiger partial charge in [-0.3, -0.25) is 14.3 Å². The van der Waals surface area contributed by atoms with Gasteiger partial charge in [-0.2, -0.15) is 5.10 Å². The molecule has 1 N–H and O–H groups in total. The van der Waals surface area contributed by atoms with Gasteiger partial charge in [-0.15, -0.1) is 0 Å². The maximum atomic E-state index is 12.7. The fourth-order valence-corrected chi connectivity index (χ4v) is 2.97. The lowest BCUT2D eigenvalue weighted by Gasteiger charge is -2.24. The molecule has 6 nitrogen and oxygen atoms in total. The number of carboxylic acids is 1. The zero-order chi connectivity index (χ0) is 15.8. The molecule has 21 heavy (non-hydrogen) atoms. The van der Waals surface area contributed by atoms with E-state index in [2.05, 4.69) is 5.10 Å². The number of carbonyl (C=O) groups is 2. The Morgan fingerprint density at radius 2 is 2.10 bits per heavy atom. The quantitative estimate of drug-likeness (QED) is 0.925. The highest BCUT2D eigenvalue weighted by Crippen LogP contribution is 2.25. The van der Waals surface area contributed by atoms with Crippen LogP contribution in [0.1, 0.15) is 56.1 Å². The van der Waals surface area contributed by atoms with Crippen LogP contribution in [0.4, 0.5) is 0 Å². The molecule has 0 saturated carbocycles. The fraction of sp³-hybridized carbons (Fsp3) is 0.667. The van der Waals surface area contributed by atoms with Crippen molar-refractivity contribution in [3.05, 3.63) is 17.5 Å². The molecule has 0 spiro atoms. The lowest BCUT2D eigenvalue weighted by Crippen LogP contribution is -2.37. The molecular formula is C15H23N3O3. The van der Waals surface area contributed by atoms with E-state index in [0.29, 0.717) is 12.1 Å². The highest BCUT2D eigenvalue weighted by atomic mass is 16.4. The summed E-state index contributed by atoms with van der Waals surface area (Å²) in [4.78, 5) is 25.3. The van der Waals surface area contributed by atoms with Crippen LogP contribution in [-0.2, 0) is 10.3 Å². The topological polar surface area (TPSA) is 75.4 Å². The molecule has 1 atom stereocenters. The van der Waals surface area contributed by atoms with Gasteiger partial charge in [-0.25, -0.2) is 0 Å². The Morgan fingerprint density at radius 3 is 2.62 bits per heavy atom. The SMILES string of the molecule is Cc1c(C(=O)N2CCCC2CC(=O)O)cnn1C(C)(C)C. The summed E-state index contributed by atoms with van der Waals surface area (Å²) >= 11 is 0. The highest BCUT2D eigenvalue weighted by molar-refractivity contribution is 5.95. The molecule has 6 heteroatoms. The van der Waals surface area contributed by atoms with E-state index in [9.17, 15) is 9.59 Å². The first-order valence-electron chi connectivity index (χ1n) is 7.29. The lowest BCUT2D eigenvalue weighted by molar-refractivity contribution is -0.137. The van der Waals surface area contributed by atoms with E-state index >= 15 is 0 Å². The summed E-state index contributed by atoms with van der Waals surface area (Å²) in [6.07, 6.45) is 3.22. The van der Waals surface area contributed by atoms with Crippen molar-refractivity contribution in [2.75, 3.05) is 6.54 Å². The molecule has 0 radical (unpaired) electrons. The van der Waals surface area contributed by atoms with Crippen LogP contribution in [0.5, 0.6) is 0 Å². The Morgan fingerprint density at radius 1 is 1.43 bits per heavy atom. The van der Waals surface area contributed by atoms with Crippen molar-refractivity contribution in [3.63, 3.8) is 0 Å².